The fourth-order valence-electron chi connectivity index (χ4n) is 5.33. The fourth-order valence-corrected chi connectivity index (χ4v) is 7.24. The van der Waals surface area contributed by atoms with Crippen LogP contribution < -0.4 is 0 Å². The van der Waals surface area contributed by atoms with Crippen molar-refractivity contribution in [1.29, 1.82) is 0 Å². The van der Waals surface area contributed by atoms with Crippen LogP contribution in [0.1, 0.15) is 55.2 Å². The van der Waals surface area contributed by atoms with Gasteiger partial charge in [0.1, 0.15) is 5.78 Å². The minimum absolute atomic E-state index is 0.0101. The number of halogens is 2. The maximum Gasteiger partial charge on any atom is 0.178 e. The Kier molecular flexibility index (Phi) is 19.5. The Balaban J connectivity index is 1.20. The predicted octanol–water partition coefficient (Wildman–Crippen LogP) is 5.59. The number of nitrogens with zero attached hydrogens (tertiary/aromatic N) is 1. The second-order valence-corrected chi connectivity index (χ2v) is 14.6. The number of carbonyl (C=O) groups excluding carboxylic acids is 1. The molecule has 270 valence electrons. The van der Waals surface area contributed by atoms with Crippen LogP contribution in [-0.2, 0) is 49.6 Å². The molecule has 1 heterocycles. The third-order valence-corrected chi connectivity index (χ3v) is 10.1. The van der Waals surface area contributed by atoms with Gasteiger partial charge in [-0.2, -0.15) is 0 Å². The normalized spacial score (nSPS) is 15.1. The Hall–Kier alpha value is -1.64. The third kappa shape index (κ3) is 15.1. The van der Waals surface area contributed by atoms with Crippen LogP contribution in [0.25, 0.3) is 0 Å². The lowest BCUT2D eigenvalue weighted by atomic mass is 9.85. The van der Waals surface area contributed by atoms with Crippen LogP contribution in [-0.4, -0.2) is 118 Å². The highest BCUT2D eigenvalue weighted by Crippen LogP contribution is 2.38. The summed E-state index contributed by atoms with van der Waals surface area (Å²) in [6, 6.07) is 10.9. The van der Waals surface area contributed by atoms with E-state index in [4.69, 9.17) is 51.6 Å². The molecule has 0 fully saturated rings. The van der Waals surface area contributed by atoms with E-state index in [0.29, 0.717) is 126 Å². The van der Waals surface area contributed by atoms with E-state index < -0.39 is 9.84 Å². The standard InChI is InChI=1S/C35H51Cl2NO9S/c1-3-42-14-15-46-21-18-45-13-10-30(39)8-5-11-43-16-19-47-20-17-44-12-6-22-48(40,41)31-9-4-7-28(23-31)33-26-38(2)27-34-32(33)24-29(36)25-35(34)37/h4,7,9,23-25,33H,3,5-6,8,10-22,26-27H2,1-2H3. The molecule has 0 saturated heterocycles. The van der Waals surface area contributed by atoms with Gasteiger partial charge in [0.15, 0.2) is 9.84 Å². The molecule has 48 heavy (non-hydrogen) atoms. The summed E-state index contributed by atoms with van der Waals surface area (Å²) in [5, 5.41) is 1.20. The molecule has 0 amide bonds. The van der Waals surface area contributed by atoms with E-state index in [0.717, 1.165) is 23.2 Å². The van der Waals surface area contributed by atoms with Gasteiger partial charge < -0.3 is 33.3 Å². The van der Waals surface area contributed by atoms with Gasteiger partial charge in [-0.05, 0) is 67.8 Å². The molecule has 0 bridgehead atoms. The van der Waals surface area contributed by atoms with Crippen LogP contribution in [0.4, 0.5) is 0 Å². The molecular weight excluding hydrogens is 681 g/mol. The molecule has 0 N–H and O–H groups in total. The maximum absolute atomic E-state index is 13.1. The first-order valence-corrected chi connectivity index (χ1v) is 19.1. The monoisotopic (exact) mass is 731 g/mol. The molecule has 1 atom stereocenters. The van der Waals surface area contributed by atoms with Crippen molar-refractivity contribution >= 4 is 38.8 Å². The molecule has 0 aromatic heterocycles. The number of ketones is 1. The van der Waals surface area contributed by atoms with E-state index in [-0.39, 0.29) is 17.5 Å². The Morgan fingerprint density at radius 1 is 0.792 bits per heavy atom. The number of rotatable bonds is 26. The van der Waals surface area contributed by atoms with Gasteiger partial charge in [-0.15, -0.1) is 0 Å². The molecule has 1 unspecified atom stereocenters. The SMILES string of the molecule is CCOCCOCCOCCC(=O)CCCOCCOCCOCCCS(=O)(=O)c1cccc(C2CN(C)Cc3c(Cl)cc(Cl)cc32)c1. The number of sulfone groups is 1. The van der Waals surface area contributed by atoms with Crippen molar-refractivity contribution in [2.24, 2.45) is 0 Å². The number of hydrogen-bond donors (Lipinski definition) is 0. The first kappa shape index (κ1) is 40.8. The van der Waals surface area contributed by atoms with E-state index in [9.17, 15) is 13.2 Å². The predicted molar refractivity (Wildman–Crippen MR) is 187 cm³/mol. The number of Topliss-reactive ketones (excluding diaryl/α,β-unsaturated/α-hetero) is 1. The highest BCUT2D eigenvalue weighted by atomic mass is 35.5. The molecule has 0 aliphatic carbocycles. The van der Waals surface area contributed by atoms with Crippen molar-refractivity contribution in [3.63, 3.8) is 0 Å². The first-order chi connectivity index (χ1) is 23.2. The summed E-state index contributed by atoms with van der Waals surface area (Å²) in [7, 11) is -1.46. The van der Waals surface area contributed by atoms with E-state index in [2.05, 4.69) is 4.90 Å². The van der Waals surface area contributed by atoms with E-state index in [1.165, 1.54) is 0 Å². The fraction of sp³-hybridized carbons (Fsp3) is 0.629. The molecule has 2 aromatic rings. The van der Waals surface area contributed by atoms with Gasteiger partial charge in [0.25, 0.3) is 0 Å². The lowest BCUT2D eigenvalue weighted by Gasteiger charge is -2.33. The van der Waals surface area contributed by atoms with Gasteiger partial charge in [0.2, 0.25) is 0 Å². The van der Waals surface area contributed by atoms with Gasteiger partial charge in [-0.25, -0.2) is 8.42 Å². The molecule has 0 radical (unpaired) electrons. The highest BCUT2D eigenvalue weighted by Gasteiger charge is 2.28. The minimum Gasteiger partial charge on any atom is -0.379 e. The highest BCUT2D eigenvalue weighted by molar-refractivity contribution is 7.91. The van der Waals surface area contributed by atoms with Gasteiger partial charge in [0, 0.05) is 61.7 Å². The first-order valence-electron chi connectivity index (χ1n) is 16.7. The largest absolute Gasteiger partial charge is 0.379 e. The number of fused-ring (bicyclic) bond motifs is 1. The summed E-state index contributed by atoms with van der Waals surface area (Å²) in [5.74, 6) is 0.108. The summed E-state index contributed by atoms with van der Waals surface area (Å²) in [5.41, 5.74) is 2.98. The topological polar surface area (TPSA) is 110 Å². The van der Waals surface area contributed by atoms with Crippen molar-refractivity contribution in [3.05, 3.63) is 63.1 Å². The molecule has 0 spiro atoms. The summed E-state index contributed by atoms with van der Waals surface area (Å²) in [4.78, 5) is 14.4. The third-order valence-electron chi connectivity index (χ3n) is 7.78. The minimum atomic E-state index is -3.49. The number of benzene rings is 2. The molecule has 0 saturated carbocycles. The van der Waals surface area contributed by atoms with Crippen LogP contribution in [0, 0.1) is 0 Å². The van der Waals surface area contributed by atoms with Crippen LogP contribution in [0.15, 0.2) is 41.3 Å². The Labute approximate surface area is 296 Å². The Bertz CT molecular complexity index is 1350. The van der Waals surface area contributed by atoms with Crippen LogP contribution in [0.2, 0.25) is 10.0 Å². The quantitative estimate of drug-likeness (QED) is 0.114. The molecule has 3 rings (SSSR count). The zero-order valence-corrected chi connectivity index (χ0v) is 30.6. The summed E-state index contributed by atoms with van der Waals surface area (Å²) < 4.78 is 58.9. The van der Waals surface area contributed by atoms with Crippen molar-refractivity contribution < 1.29 is 41.6 Å². The van der Waals surface area contributed by atoms with E-state index in [1.54, 1.807) is 24.3 Å². The Morgan fingerprint density at radius 3 is 2.06 bits per heavy atom. The molecular formula is C35H51Cl2NO9S. The smallest absolute Gasteiger partial charge is 0.178 e. The van der Waals surface area contributed by atoms with E-state index >= 15 is 0 Å². The van der Waals surface area contributed by atoms with E-state index in [1.807, 2.05) is 26.1 Å². The lowest BCUT2D eigenvalue weighted by molar-refractivity contribution is -0.120. The van der Waals surface area contributed by atoms with Crippen molar-refractivity contribution in [1.82, 2.24) is 4.90 Å². The average molecular weight is 733 g/mol. The molecule has 2 aromatic carbocycles. The molecule has 1 aliphatic heterocycles. The molecule has 13 heteroatoms. The van der Waals surface area contributed by atoms with Crippen LogP contribution in [0.5, 0.6) is 0 Å². The summed E-state index contributed by atoms with van der Waals surface area (Å²) in [6.45, 7) is 8.97. The summed E-state index contributed by atoms with van der Waals surface area (Å²) in [6.07, 6.45) is 1.89. The lowest BCUT2D eigenvalue weighted by Crippen LogP contribution is -2.31. The number of likely N-dealkylation sites (N-methyl/N-ethyl adjacent to an activating group) is 1. The zero-order valence-electron chi connectivity index (χ0n) is 28.3. The second kappa shape index (κ2) is 23.0. The molecule has 1 aliphatic rings. The maximum atomic E-state index is 13.1. The average Bonchev–Trinajstić information content (AvgIpc) is 3.06. The van der Waals surface area contributed by atoms with Gasteiger partial charge in [0.05, 0.1) is 70.1 Å². The number of ether oxygens (including phenoxy) is 6. The van der Waals surface area contributed by atoms with Gasteiger partial charge >= 0.3 is 0 Å². The van der Waals surface area contributed by atoms with Crippen molar-refractivity contribution in [3.8, 4) is 0 Å². The summed E-state index contributed by atoms with van der Waals surface area (Å²) >= 11 is 12.8. The number of hydrogen-bond acceptors (Lipinski definition) is 10. The zero-order chi connectivity index (χ0) is 34.6. The van der Waals surface area contributed by atoms with Crippen molar-refractivity contribution in [2.45, 2.75) is 50.0 Å². The van der Waals surface area contributed by atoms with Crippen LogP contribution in [0.3, 0.4) is 0 Å². The van der Waals surface area contributed by atoms with Crippen molar-refractivity contribution in [2.75, 3.05) is 98.6 Å². The second-order valence-electron chi connectivity index (χ2n) is 11.6. The van der Waals surface area contributed by atoms with Gasteiger partial charge in [-0.3, -0.25) is 4.79 Å². The van der Waals surface area contributed by atoms with Crippen LogP contribution >= 0.6 is 23.2 Å². The number of carbonyl (C=O) groups is 1. The van der Waals surface area contributed by atoms with Gasteiger partial charge in [-0.1, -0.05) is 35.3 Å². The molecule has 10 nitrogen and oxygen atoms in total. The Morgan fingerprint density at radius 2 is 1.40 bits per heavy atom.